The van der Waals surface area contributed by atoms with Crippen LogP contribution in [0.3, 0.4) is 0 Å². The second-order valence-corrected chi connectivity index (χ2v) is 3.51. The number of nitrogens with one attached hydrogen (secondary N) is 1. The first-order chi connectivity index (χ1) is 7.00. The van der Waals surface area contributed by atoms with Crippen LogP contribution < -0.4 is 5.73 Å². The Hall–Kier alpha value is -2.04. The standard InChI is InChI=1S/C10H12N4O/c1-5-9-7(14(2)13-5)3-6(10(11)12)4-8(9)15/h3-4,15H,1-2H3,(H3,11,12). The SMILES string of the molecule is Cc1nn(C)c2cc(C(=N)N)cc(O)c12. The van der Waals surface area contributed by atoms with Crippen LogP contribution in [0.15, 0.2) is 12.1 Å². The van der Waals surface area contributed by atoms with Crippen molar-refractivity contribution in [3.8, 4) is 5.75 Å². The minimum atomic E-state index is -0.0638. The molecular formula is C10H12N4O. The molecule has 2 rings (SSSR count). The Morgan fingerprint density at radius 2 is 2.20 bits per heavy atom. The van der Waals surface area contributed by atoms with Crippen LogP contribution in [0.2, 0.25) is 0 Å². The Morgan fingerprint density at radius 3 is 2.80 bits per heavy atom. The number of hydrogen-bond acceptors (Lipinski definition) is 3. The molecule has 0 saturated carbocycles. The quantitative estimate of drug-likeness (QED) is 0.475. The molecule has 1 heterocycles. The molecule has 0 fully saturated rings. The molecule has 0 unspecified atom stereocenters. The number of benzene rings is 1. The van der Waals surface area contributed by atoms with Crippen molar-refractivity contribution in [2.45, 2.75) is 6.92 Å². The molecule has 78 valence electrons. The molecule has 0 amide bonds. The van der Waals surface area contributed by atoms with Gasteiger partial charge in [-0.2, -0.15) is 5.10 Å². The highest BCUT2D eigenvalue weighted by molar-refractivity contribution is 6.00. The van der Waals surface area contributed by atoms with Crippen LogP contribution in [-0.4, -0.2) is 20.7 Å². The van der Waals surface area contributed by atoms with Crippen molar-refractivity contribution < 1.29 is 5.11 Å². The molecule has 0 bridgehead atoms. The monoisotopic (exact) mass is 204 g/mol. The number of phenols is 1. The molecule has 0 spiro atoms. The zero-order chi connectivity index (χ0) is 11.2. The van der Waals surface area contributed by atoms with E-state index >= 15 is 0 Å². The van der Waals surface area contributed by atoms with E-state index in [2.05, 4.69) is 5.10 Å². The van der Waals surface area contributed by atoms with Gasteiger partial charge >= 0.3 is 0 Å². The summed E-state index contributed by atoms with van der Waals surface area (Å²) < 4.78 is 1.66. The number of rotatable bonds is 1. The van der Waals surface area contributed by atoms with Crippen molar-refractivity contribution in [1.82, 2.24) is 9.78 Å². The third-order valence-electron chi connectivity index (χ3n) is 2.42. The number of amidine groups is 1. The molecular weight excluding hydrogens is 192 g/mol. The van der Waals surface area contributed by atoms with E-state index in [1.54, 1.807) is 17.8 Å². The first-order valence-electron chi connectivity index (χ1n) is 4.51. The van der Waals surface area contributed by atoms with Gasteiger partial charge in [0.05, 0.1) is 16.6 Å². The first-order valence-corrected chi connectivity index (χ1v) is 4.51. The number of nitrogen functional groups attached to an aromatic ring is 1. The van der Waals surface area contributed by atoms with E-state index < -0.39 is 0 Å². The number of phenolic OH excluding ortho intramolecular Hbond substituents is 1. The smallest absolute Gasteiger partial charge is 0.127 e. The van der Waals surface area contributed by atoms with Gasteiger partial charge in [-0.05, 0) is 19.1 Å². The first kappa shape index (κ1) is 9.51. The minimum absolute atomic E-state index is 0.0638. The third kappa shape index (κ3) is 1.32. The summed E-state index contributed by atoms with van der Waals surface area (Å²) in [6.45, 7) is 1.83. The van der Waals surface area contributed by atoms with Crippen molar-refractivity contribution in [2.24, 2.45) is 12.8 Å². The number of aromatic hydroxyl groups is 1. The normalized spacial score (nSPS) is 10.8. The molecule has 0 radical (unpaired) electrons. The van der Waals surface area contributed by atoms with Gasteiger partial charge in [0, 0.05) is 12.6 Å². The van der Waals surface area contributed by atoms with Gasteiger partial charge in [0.1, 0.15) is 11.6 Å². The molecule has 1 aromatic heterocycles. The summed E-state index contributed by atoms with van der Waals surface area (Å²) in [7, 11) is 1.79. The summed E-state index contributed by atoms with van der Waals surface area (Å²) in [5.74, 6) is 0.0503. The molecule has 15 heavy (non-hydrogen) atoms. The van der Waals surface area contributed by atoms with Gasteiger partial charge in [0.15, 0.2) is 0 Å². The highest BCUT2D eigenvalue weighted by Crippen LogP contribution is 2.28. The molecule has 2 aromatic rings. The average Bonchev–Trinajstić information content (AvgIpc) is 2.42. The Morgan fingerprint density at radius 1 is 1.53 bits per heavy atom. The lowest BCUT2D eigenvalue weighted by molar-refractivity contribution is 0.481. The number of aromatic nitrogens is 2. The fourth-order valence-corrected chi connectivity index (χ4v) is 1.72. The molecule has 4 N–H and O–H groups in total. The summed E-state index contributed by atoms with van der Waals surface area (Å²) in [5, 5.41) is 22.0. The van der Waals surface area contributed by atoms with E-state index in [0.717, 1.165) is 11.2 Å². The minimum Gasteiger partial charge on any atom is -0.507 e. The van der Waals surface area contributed by atoms with Gasteiger partial charge in [0.2, 0.25) is 0 Å². The molecule has 0 aliphatic carbocycles. The number of aryl methyl sites for hydroxylation is 2. The highest BCUT2D eigenvalue weighted by Gasteiger charge is 2.11. The lowest BCUT2D eigenvalue weighted by Gasteiger charge is -2.02. The maximum Gasteiger partial charge on any atom is 0.127 e. The lowest BCUT2D eigenvalue weighted by atomic mass is 10.1. The van der Waals surface area contributed by atoms with Gasteiger partial charge in [-0.15, -0.1) is 0 Å². The molecule has 0 aliphatic heterocycles. The summed E-state index contributed by atoms with van der Waals surface area (Å²) in [6, 6.07) is 3.23. The zero-order valence-electron chi connectivity index (χ0n) is 8.57. The molecule has 0 saturated heterocycles. The number of hydrogen-bond donors (Lipinski definition) is 3. The number of nitrogens with two attached hydrogens (primary N) is 1. The van der Waals surface area contributed by atoms with Crippen LogP contribution in [0.25, 0.3) is 10.9 Å². The van der Waals surface area contributed by atoms with Gasteiger partial charge in [-0.25, -0.2) is 0 Å². The molecule has 5 heteroatoms. The van der Waals surface area contributed by atoms with Crippen LogP contribution in [0.4, 0.5) is 0 Å². The van der Waals surface area contributed by atoms with Crippen LogP contribution >= 0.6 is 0 Å². The Bertz CT molecular complexity index is 556. The van der Waals surface area contributed by atoms with Gasteiger partial charge < -0.3 is 10.8 Å². The lowest BCUT2D eigenvalue weighted by Crippen LogP contribution is -2.10. The predicted octanol–water partition coefficient (Wildman–Crippen LogP) is 0.871. The largest absolute Gasteiger partial charge is 0.507 e. The van der Waals surface area contributed by atoms with Crippen molar-refractivity contribution in [3.63, 3.8) is 0 Å². The Labute approximate surface area is 86.6 Å². The predicted molar refractivity (Wildman–Crippen MR) is 58.1 cm³/mol. The maximum atomic E-state index is 9.79. The molecule has 5 nitrogen and oxygen atoms in total. The summed E-state index contributed by atoms with van der Waals surface area (Å²) in [5.41, 5.74) is 7.42. The third-order valence-corrected chi connectivity index (χ3v) is 2.42. The van der Waals surface area contributed by atoms with E-state index in [4.69, 9.17) is 11.1 Å². The summed E-state index contributed by atoms with van der Waals surface area (Å²) >= 11 is 0. The summed E-state index contributed by atoms with van der Waals surface area (Å²) in [6.07, 6.45) is 0. The Kier molecular flexibility index (Phi) is 1.89. The van der Waals surface area contributed by atoms with Gasteiger partial charge in [-0.3, -0.25) is 10.1 Å². The number of nitrogens with zero attached hydrogens (tertiary/aromatic N) is 2. The zero-order valence-corrected chi connectivity index (χ0v) is 8.57. The molecule has 0 atom stereocenters. The second-order valence-electron chi connectivity index (χ2n) is 3.51. The van der Waals surface area contributed by atoms with Crippen LogP contribution in [0, 0.1) is 12.3 Å². The number of fused-ring (bicyclic) bond motifs is 1. The van der Waals surface area contributed by atoms with Crippen molar-refractivity contribution in [1.29, 1.82) is 5.41 Å². The summed E-state index contributed by atoms with van der Waals surface area (Å²) in [4.78, 5) is 0. The Balaban J connectivity index is 2.87. The molecule has 1 aromatic carbocycles. The van der Waals surface area contributed by atoms with E-state index in [-0.39, 0.29) is 11.6 Å². The van der Waals surface area contributed by atoms with Crippen LogP contribution in [-0.2, 0) is 7.05 Å². The van der Waals surface area contributed by atoms with E-state index in [0.29, 0.717) is 10.9 Å². The average molecular weight is 204 g/mol. The highest BCUT2D eigenvalue weighted by atomic mass is 16.3. The van der Waals surface area contributed by atoms with E-state index in [1.165, 1.54) is 6.07 Å². The van der Waals surface area contributed by atoms with Crippen molar-refractivity contribution in [2.75, 3.05) is 0 Å². The van der Waals surface area contributed by atoms with Gasteiger partial charge in [-0.1, -0.05) is 0 Å². The van der Waals surface area contributed by atoms with Crippen LogP contribution in [0.1, 0.15) is 11.3 Å². The van der Waals surface area contributed by atoms with Crippen molar-refractivity contribution in [3.05, 3.63) is 23.4 Å². The van der Waals surface area contributed by atoms with Crippen molar-refractivity contribution >= 4 is 16.7 Å². The fraction of sp³-hybridized carbons (Fsp3) is 0.200. The fourth-order valence-electron chi connectivity index (χ4n) is 1.72. The molecule has 0 aliphatic rings. The maximum absolute atomic E-state index is 9.79. The topological polar surface area (TPSA) is 87.9 Å². The van der Waals surface area contributed by atoms with E-state index in [9.17, 15) is 5.11 Å². The van der Waals surface area contributed by atoms with Gasteiger partial charge in [0.25, 0.3) is 0 Å². The second kappa shape index (κ2) is 2.98. The van der Waals surface area contributed by atoms with E-state index in [1.807, 2.05) is 6.92 Å². The van der Waals surface area contributed by atoms with Crippen LogP contribution in [0.5, 0.6) is 5.75 Å².